The highest BCUT2D eigenvalue weighted by Crippen LogP contribution is 2.18. The normalized spacial score (nSPS) is 12.6. The minimum absolute atomic E-state index is 0.0505. The second-order valence-electron chi connectivity index (χ2n) is 4.75. The van der Waals surface area contributed by atoms with Crippen molar-refractivity contribution in [2.75, 3.05) is 0 Å². The molecule has 0 radical (unpaired) electrons. The van der Waals surface area contributed by atoms with Crippen LogP contribution in [-0.2, 0) is 13.0 Å². The van der Waals surface area contributed by atoms with Crippen LogP contribution in [0.3, 0.4) is 0 Å². The van der Waals surface area contributed by atoms with E-state index in [1.54, 1.807) is 0 Å². The van der Waals surface area contributed by atoms with Crippen LogP contribution in [0.15, 0.2) is 24.4 Å². The number of rotatable bonds is 5. The predicted molar refractivity (Wildman–Crippen MR) is 75.4 cm³/mol. The molecular weight excluding hydrogens is 238 g/mol. The smallest absolute Gasteiger partial charge is 0.0596 e. The predicted octanol–water partition coefficient (Wildman–Crippen LogP) is 1.66. The Morgan fingerprint density at radius 2 is 2.11 bits per heavy atom. The van der Waals surface area contributed by atoms with Crippen LogP contribution >= 0.6 is 0 Å². The molecule has 5 heteroatoms. The van der Waals surface area contributed by atoms with E-state index in [9.17, 15) is 0 Å². The first-order valence-corrected chi connectivity index (χ1v) is 6.56. The standard InChI is InChI=1S/C14H21N5/c1-4-19-13(7-11(3)18-19)8-14(17-15)12-6-5-10(2)16-9-12/h5-7,9,14,17H,4,8,15H2,1-3H3. The van der Waals surface area contributed by atoms with Gasteiger partial charge in [0.15, 0.2) is 0 Å². The van der Waals surface area contributed by atoms with E-state index >= 15 is 0 Å². The van der Waals surface area contributed by atoms with Crippen molar-refractivity contribution in [2.45, 2.75) is 39.8 Å². The highest BCUT2D eigenvalue weighted by atomic mass is 15.3. The Morgan fingerprint density at radius 1 is 1.32 bits per heavy atom. The lowest BCUT2D eigenvalue weighted by atomic mass is 10.0. The zero-order valence-corrected chi connectivity index (χ0v) is 11.7. The Kier molecular flexibility index (Phi) is 4.29. The van der Waals surface area contributed by atoms with Crippen molar-refractivity contribution in [3.63, 3.8) is 0 Å². The minimum Gasteiger partial charge on any atom is -0.271 e. The molecule has 1 unspecified atom stereocenters. The number of nitrogens with one attached hydrogen (secondary N) is 1. The van der Waals surface area contributed by atoms with Crippen molar-refractivity contribution in [3.05, 3.63) is 47.0 Å². The Balaban J connectivity index is 2.21. The van der Waals surface area contributed by atoms with E-state index in [-0.39, 0.29) is 6.04 Å². The Labute approximate surface area is 113 Å². The monoisotopic (exact) mass is 259 g/mol. The number of nitrogens with two attached hydrogens (primary N) is 1. The highest BCUT2D eigenvalue weighted by molar-refractivity contribution is 5.20. The molecule has 0 saturated heterocycles. The number of hydrogen-bond donors (Lipinski definition) is 2. The van der Waals surface area contributed by atoms with Crippen LogP contribution in [0.4, 0.5) is 0 Å². The molecule has 0 aliphatic rings. The van der Waals surface area contributed by atoms with Crippen LogP contribution in [-0.4, -0.2) is 14.8 Å². The summed E-state index contributed by atoms with van der Waals surface area (Å²) < 4.78 is 2.02. The van der Waals surface area contributed by atoms with Crippen LogP contribution in [0, 0.1) is 13.8 Å². The summed E-state index contributed by atoms with van der Waals surface area (Å²) in [5.41, 5.74) is 7.19. The van der Waals surface area contributed by atoms with Crippen LogP contribution in [0.1, 0.15) is 35.6 Å². The number of aromatic nitrogens is 3. The number of hydrazine groups is 1. The molecule has 2 rings (SSSR count). The van der Waals surface area contributed by atoms with Gasteiger partial charge in [-0.2, -0.15) is 5.10 Å². The van der Waals surface area contributed by atoms with Crippen molar-refractivity contribution in [1.29, 1.82) is 0 Å². The summed E-state index contributed by atoms with van der Waals surface area (Å²) >= 11 is 0. The van der Waals surface area contributed by atoms with Crippen molar-refractivity contribution >= 4 is 0 Å². The molecule has 1 atom stereocenters. The summed E-state index contributed by atoms with van der Waals surface area (Å²) in [6.07, 6.45) is 2.68. The van der Waals surface area contributed by atoms with Gasteiger partial charge in [-0.15, -0.1) is 0 Å². The SMILES string of the molecule is CCn1nc(C)cc1CC(NN)c1ccc(C)nc1. The van der Waals surface area contributed by atoms with E-state index in [1.807, 2.05) is 30.8 Å². The maximum absolute atomic E-state index is 5.68. The third-order valence-corrected chi connectivity index (χ3v) is 3.24. The molecule has 102 valence electrons. The van der Waals surface area contributed by atoms with Crippen LogP contribution in [0.25, 0.3) is 0 Å². The third kappa shape index (κ3) is 3.19. The van der Waals surface area contributed by atoms with Gasteiger partial charge < -0.3 is 0 Å². The van der Waals surface area contributed by atoms with Gasteiger partial charge in [-0.1, -0.05) is 6.07 Å². The van der Waals surface area contributed by atoms with Crippen molar-refractivity contribution in [3.8, 4) is 0 Å². The van der Waals surface area contributed by atoms with E-state index in [2.05, 4.69) is 34.6 Å². The van der Waals surface area contributed by atoms with Gasteiger partial charge in [0.1, 0.15) is 0 Å². The summed E-state index contributed by atoms with van der Waals surface area (Å²) in [7, 11) is 0. The quantitative estimate of drug-likeness (QED) is 0.633. The lowest BCUT2D eigenvalue weighted by Gasteiger charge is -2.16. The van der Waals surface area contributed by atoms with E-state index < -0.39 is 0 Å². The zero-order valence-electron chi connectivity index (χ0n) is 11.7. The maximum atomic E-state index is 5.68. The zero-order chi connectivity index (χ0) is 13.8. The number of hydrogen-bond acceptors (Lipinski definition) is 4. The molecular formula is C14H21N5. The Bertz CT molecular complexity index is 529. The second-order valence-corrected chi connectivity index (χ2v) is 4.75. The van der Waals surface area contributed by atoms with Crippen molar-refractivity contribution < 1.29 is 0 Å². The van der Waals surface area contributed by atoms with Crippen LogP contribution < -0.4 is 11.3 Å². The van der Waals surface area contributed by atoms with Crippen LogP contribution in [0.2, 0.25) is 0 Å². The first-order chi connectivity index (χ1) is 9.13. The lowest BCUT2D eigenvalue weighted by Crippen LogP contribution is -2.30. The minimum atomic E-state index is 0.0505. The summed E-state index contributed by atoms with van der Waals surface area (Å²) in [6.45, 7) is 6.94. The molecule has 2 heterocycles. The third-order valence-electron chi connectivity index (χ3n) is 3.24. The number of aryl methyl sites for hydroxylation is 3. The first-order valence-electron chi connectivity index (χ1n) is 6.56. The second kappa shape index (κ2) is 5.95. The molecule has 3 N–H and O–H groups in total. The molecule has 0 amide bonds. The average Bonchev–Trinajstić information content (AvgIpc) is 2.77. The fourth-order valence-electron chi connectivity index (χ4n) is 2.20. The topological polar surface area (TPSA) is 68.8 Å². The molecule has 0 saturated carbocycles. The first kappa shape index (κ1) is 13.7. The molecule has 0 spiro atoms. The van der Waals surface area contributed by atoms with E-state index in [4.69, 9.17) is 5.84 Å². The fourth-order valence-corrected chi connectivity index (χ4v) is 2.20. The number of nitrogens with zero attached hydrogens (tertiary/aromatic N) is 3. The van der Waals surface area contributed by atoms with Gasteiger partial charge in [-0.05, 0) is 38.5 Å². The summed E-state index contributed by atoms with van der Waals surface area (Å²) in [4.78, 5) is 4.32. The molecule has 2 aromatic rings. The Morgan fingerprint density at radius 3 is 2.68 bits per heavy atom. The van der Waals surface area contributed by atoms with Crippen LogP contribution in [0.5, 0.6) is 0 Å². The van der Waals surface area contributed by atoms with Gasteiger partial charge in [-0.3, -0.25) is 20.9 Å². The largest absolute Gasteiger partial charge is 0.271 e. The van der Waals surface area contributed by atoms with E-state index in [1.165, 1.54) is 5.69 Å². The van der Waals surface area contributed by atoms with E-state index in [0.717, 1.165) is 29.9 Å². The van der Waals surface area contributed by atoms with Gasteiger partial charge in [0.05, 0.1) is 11.7 Å². The lowest BCUT2D eigenvalue weighted by molar-refractivity contribution is 0.515. The van der Waals surface area contributed by atoms with Crippen molar-refractivity contribution in [1.82, 2.24) is 20.2 Å². The van der Waals surface area contributed by atoms with Gasteiger partial charge in [0.25, 0.3) is 0 Å². The fraction of sp³-hybridized carbons (Fsp3) is 0.429. The Hall–Kier alpha value is -1.72. The van der Waals surface area contributed by atoms with E-state index in [0.29, 0.717) is 0 Å². The average molecular weight is 259 g/mol. The molecule has 0 aliphatic heterocycles. The molecule has 0 aliphatic carbocycles. The molecule has 0 aromatic carbocycles. The van der Waals surface area contributed by atoms with Gasteiger partial charge in [-0.25, -0.2) is 0 Å². The van der Waals surface area contributed by atoms with Gasteiger partial charge in [0.2, 0.25) is 0 Å². The number of pyridine rings is 1. The van der Waals surface area contributed by atoms with Gasteiger partial charge in [0, 0.05) is 30.6 Å². The molecule has 2 aromatic heterocycles. The molecule has 19 heavy (non-hydrogen) atoms. The summed E-state index contributed by atoms with van der Waals surface area (Å²) in [6, 6.07) is 6.22. The molecule has 5 nitrogen and oxygen atoms in total. The molecule has 0 fully saturated rings. The highest BCUT2D eigenvalue weighted by Gasteiger charge is 2.14. The summed E-state index contributed by atoms with van der Waals surface area (Å²) in [5.74, 6) is 5.68. The molecule has 0 bridgehead atoms. The maximum Gasteiger partial charge on any atom is 0.0596 e. The van der Waals surface area contributed by atoms with Gasteiger partial charge >= 0.3 is 0 Å². The summed E-state index contributed by atoms with van der Waals surface area (Å²) in [5, 5.41) is 4.46. The van der Waals surface area contributed by atoms with Crippen molar-refractivity contribution in [2.24, 2.45) is 5.84 Å².